The van der Waals surface area contributed by atoms with Crippen molar-refractivity contribution in [1.29, 1.82) is 0 Å². The van der Waals surface area contributed by atoms with Crippen LogP contribution in [0.2, 0.25) is 0 Å². The van der Waals surface area contributed by atoms with Crippen LogP contribution in [0.5, 0.6) is 11.5 Å². The minimum Gasteiger partial charge on any atom is -0.456 e. The zero-order valence-corrected chi connectivity index (χ0v) is 17.5. The number of hydrogen-bond acceptors (Lipinski definition) is 6. The van der Waals surface area contributed by atoms with Crippen LogP contribution in [0.15, 0.2) is 54.9 Å². The topological polar surface area (TPSA) is 87.8 Å². The Morgan fingerprint density at radius 3 is 2.61 bits per heavy atom. The van der Waals surface area contributed by atoms with Crippen molar-refractivity contribution in [3.05, 3.63) is 60.4 Å². The van der Waals surface area contributed by atoms with Crippen molar-refractivity contribution in [3.8, 4) is 22.8 Å². The number of aromatic amines is 1. The Morgan fingerprint density at radius 2 is 1.85 bits per heavy atom. The lowest BCUT2D eigenvalue weighted by Gasteiger charge is -2.23. The molecule has 3 N–H and O–H groups in total. The molecule has 0 aliphatic carbocycles. The van der Waals surface area contributed by atoms with E-state index in [0.717, 1.165) is 49.6 Å². The van der Waals surface area contributed by atoms with Gasteiger partial charge in [-0.1, -0.05) is 0 Å². The van der Waals surface area contributed by atoms with E-state index in [1.807, 2.05) is 0 Å². The molecule has 10 heteroatoms. The number of anilines is 1. The van der Waals surface area contributed by atoms with Crippen LogP contribution >= 0.6 is 0 Å². The van der Waals surface area contributed by atoms with E-state index in [4.69, 9.17) is 4.74 Å². The van der Waals surface area contributed by atoms with Crippen molar-refractivity contribution in [2.24, 2.45) is 0 Å². The van der Waals surface area contributed by atoms with Gasteiger partial charge >= 0.3 is 6.18 Å². The SMILES string of the molecule is FC(F)(F)c1ccnc(-c2ccc(Oc3ccnc4[nH]nc(N[C@@H]5CCCNC5)c34)cc2)c1. The Labute approximate surface area is 187 Å². The molecule has 33 heavy (non-hydrogen) atoms. The molecule has 7 nitrogen and oxygen atoms in total. The van der Waals surface area contributed by atoms with Crippen LogP contribution in [-0.4, -0.2) is 39.3 Å². The fourth-order valence-electron chi connectivity index (χ4n) is 3.87. The van der Waals surface area contributed by atoms with Gasteiger partial charge in [-0.05, 0) is 55.8 Å². The highest BCUT2D eigenvalue weighted by Crippen LogP contribution is 2.35. The van der Waals surface area contributed by atoms with E-state index < -0.39 is 11.7 Å². The number of H-pyrrole nitrogens is 1. The maximum absolute atomic E-state index is 13.0. The van der Waals surface area contributed by atoms with E-state index in [1.54, 1.807) is 36.5 Å². The minimum atomic E-state index is -4.42. The lowest BCUT2D eigenvalue weighted by atomic mass is 10.1. The minimum absolute atomic E-state index is 0.241. The zero-order valence-electron chi connectivity index (χ0n) is 17.5. The number of hydrogen-bond donors (Lipinski definition) is 3. The quantitative estimate of drug-likeness (QED) is 0.394. The van der Waals surface area contributed by atoms with Crippen molar-refractivity contribution in [2.45, 2.75) is 25.1 Å². The average Bonchev–Trinajstić information content (AvgIpc) is 3.23. The third kappa shape index (κ3) is 4.61. The van der Waals surface area contributed by atoms with Crippen LogP contribution in [0.3, 0.4) is 0 Å². The van der Waals surface area contributed by atoms with E-state index in [0.29, 0.717) is 28.5 Å². The molecule has 0 saturated carbocycles. The molecular weight excluding hydrogens is 433 g/mol. The molecule has 0 radical (unpaired) electrons. The van der Waals surface area contributed by atoms with Crippen LogP contribution in [0.25, 0.3) is 22.3 Å². The number of halogens is 3. The Hall–Kier alpha value is -3.66. The second-order valence-electron chi connectivity index (χ2n) is 7.85. The number of fused-ring (bicyclic) bond motifs is 1. The normalized spacial score (nSPS) is 16.6. The predicted octanol–water partition coefficient (Wildman–Crippen LogP) is 4.99. The number of nitrogens with zero attached hydrogens (tertiary/aromatic N) is 3. The highest BCUT2D eigenvalue weighted by atomic mass is 19.4. The Kier molecular flexibility index (Phi) is 5.59. The van der Waals surface area contributed by atoms with Gasteiger partial charge in [0, 0.05) is 36.6 Å². The summed E-state index contributed by atoms with van der Waals surface area (Å²) in [6.45, 7) is 1.87. The third-order valence-corrected chi connectivity index (χ3v) is 5.53. The molecule has 4 heterocycles. The molecule has 1 aliphatic rings. The van der Waals surface area contributed by atoms with Gasteiger partial charge < -0.3 is 15.4 Å². The smallest absolute Gasteiger partial charge is 0.416 e. The summed E-state index contributed by atoms with van der Waals surface area (Å²) in [7, 11) is 0. The van der Waals surface area contributed by atoms with Gasteiger partial charge in [-0.15, -0.1) is 0 Å². The maximum atomic E-state index is 13.0. The van der Waals surface area contributed by atoms with Crippen molar-refractivity contribution in [3.63, 3.8) is 0 Å². The van der Waals surface area contributed by atoms with Crippen LogP contribution < -0.4 is 15.4 Å². The van der Waals surface area contributed by atoms with Crippen molar-refractivity contribution in [1.82, 2.24) is 25.5 Å². The van der Waals surface area contributed by atoms with Crippen LogP contribution in [0.1, 0.15) is 18.4 Å². The summed E-state index contributed by atoms with van der Waals surface area (Å²) < 4.78 is 45.1. The van der Waals surface area contributed by atoms with Crippen molar-refractivity contribution in [2.75, 3.05) is 18.4 Å². The molecule has 1 aliphatic heterocycles. The van der Waals surface area contributed by atoms with Gasteiger partial charge in [-0.2, -0.15) is 18.3 Å². The summed E-state index contributed by atoms with van der Waals surface area (Å²) in [6.07, 6.45) is 0.503. The molecule has 5 rings (SSSR count). The van der Waals surface area contributed by atoms with Gasteiger partial charge in [0.2, 0.25) is 0 Å². The molecule has 170 valence electrons. The fraction of sp³-hybridized carbons (Fsp3) is 0.261. The average molecular weight is 454 g/mol. The number of alkyl halides is 3. The molecule has 1 aromatic carbocycles. The van der Waals surface area contributed by atoms with Gasteiger partial charge in [-0.25, -0.2) is 4.98 Å². The highest BCUT2D eigenvalue weighted by Gasteiger charge is 2.30. The molecule has 4 aromatic rings. The van der Waals surface area contributed by atoms with Gasteiger partial charge in [0.05, 0.1) is 11.3 Å². The molecule has 0 bridgehead atoms. The monoisotopic (exact) mass is 454 g/mol. The van der Waals surface area contributed by atoms with Crippen molar-refractivity contribution >= 4 is 16.9 Å². The van der Waals surface area contributed by atoms with Gasteiger partial charge in [0.25, 0.3) is 0 Å². The number of piperidine rings is 1. The lowest BCUT2D eigenvalue weighted by molar-refractivity contribution is -0.137. The second kappa shape index (κ2) is 8.70. The maximum Gasteiger partial charge on any atom is 0.416 e. The zero-order chi connectivity index (χ0) is 22.8. The molecule has 0 unspecified atom stereocenters. The van der Waals surface area contributed by atoms with Gasteiger partial charge in [-0.3, -0.25) is 10.1 Å². The standard InChI is InChI=1S/C23H21F3N6O/c24-23(25,26)15-7-10-28-18(12-15)14-3-5-17(6-4-14)33-19-8-11-29-21-20(19)22(32-31-21)30-16-2-1-9-27-13-16/h3-8,10-12,16,27H,1-2,9,13H2,(H2,29,30,31,32)/t16-/m1/s1. The summed E-state index contributed by atoms with van der Waals surface area (Å²) in [4.78, 5) is 8.39. The Morgan fingerprint density at radius 1 is 1.03 bits per heavy atom. The van der Waals surface area contributed by atoms with E-state index in [9.17, 15) is 13.2 Å². The van der Waals surface area contributed by atoms with Gasteiger partial charge in [0.15, 0.2) is 11.5 Å². The number of nitrogens with one attached hydrogen (secondary N) is 3. The van der Waals surface area contributed by atoms with Crippen LogP contribution in [0, 0.1) is 0 Å². The van der Waals surface area contributed by atoms with E-state index in [1.165, 1.54) is 0 Å². The van der Waals surface area contributed by atoms with E-state index in [2.05, 4.69) is 30.8 Å². The number of aromatic nitrogens is 4. The molecule has 3 aromatic heterocycles. The highest BCUT2D eigenvalue weighted by molar-refractivity contribution is 5.93. The summed E-state index contributed by atoms with van der Waals surface area (Å²) in [5.41, 5.74) is 0.664. The number of pyridine rings is 2. The number of ether oxygens (including phenoxy) is 1. The van der Waals surface area contributed by atoms with E-state index >= 15 is 0 Å². The second-order valence-corrected chi connectivity index (χ2v) is 7.85. The lowest BCUT2D eigenvalue weighted by Crippen LogP contribution is -2.38. The molecule has 0 spiro atoms. The Balaban J connectivity index is 1.38. The van der Waals surface area contributed by atoms with Crippen molar-refractivity contribution < 1.29 is 17.9 Å². The molecule has 1 atom stereocenters. The molecular formula is C23H21F3N6O. The number of rotatable bonds is 5. The first-order valence-corrected chi connectivity index (χ1v) is 10.6. The van der Waals surface area contributed by atoms with E-state index in [-0.39, 0.29) is 11.7 Å². The third-order valence-electron chi connectivity index (χ3n) is 5.53. The summed E-state index contributed by atoms with van der Waals surface area (Å²) in [5.74, 6) is 1.78. The van der Waals surface area contributed by atoms with Crippen LogP contribution in [0.4, 0.5) is 19.0 Å². The summed E-state index contributed by atoms with van der Waals surface area (Å²) in [6, 6.07) is 10.8. The summed E-state index contributed by atoms with van der Waals surface area (Å²) in [5, 5.41) is 14.9. The number of benzene rings is 1. The molecule has 1 fully saturated rings. The van der Waals surface area contributed by atoms with Gasteiger partial charge in [0.1, 0.15) is 16.9 Å². The largest absolute Gasteiger partial charge is 0.456 e. The Bertz CT molecular complexity index is 1250. The predicted molar refractivity (Wildman–Crippen MR) is 118 cm³/mol. The fourth-order valence-corrected chi connectivity index (χ4v) is 3.87. The summed E-state index contributed by atoms with van der Waals surface area (Å²) >= 11 is 0. The molecule has 1 saturated heterocycles. The first kappa shape index (κ1) is 21.2. The first-order chi connectivity index (χ1) is 16.0. The first-order valence-electron chi connectivity index (χ1n) is 10.6. The van der Waals surface area contributed by atoms with Crippen LogP contribution in [-0.2, 0) is 6.18 Å². The molecule has 0 amide bonds.